The van der Waals surface area contributed by atoms with E-state index in [1.807, 2.05) is 0 Å². The lowest BCUT2D eigenvalue weighted by Gasteiger charge is -2.24. The van der Waals surface area contributed by atoms with Crippen LogP contribution in [0.2, 0.25) is 0 Å². The third-order valence-electron chi connectivity index (χ3n) is 1.98. The van der Waals surface area contributed by atoms with Crippen LogP contribution in [0.1, 0.15) is 13.8 Å². The van der Waals surface area contributed by atoms with E-state index < -0.39 is 6.17 Å². The zero-order valence-electron chi connectivity index (χ0n) is 7.22. The number of hydrogen-bond donors (Lipinski definition) is 0. The Hall–Kier alpha value is -0.150. The number of alkyl halides is 1. The second-order valence-electron chi connectivity index (χ2n) is 3.26. The molecule has 0 bridgehead atoms. The van der Waals surface area contributed by atoms with Crippen LogP contribution in [0, 0.1) is 0 Å². The van der Waals surface area contributed by atoms with E-state index in [-0.39, 0.29) is 6.61 Å². The molecular weight excluding hydrogens is 145 g/mol. The van der Waals surface area contributed by atoms with Gasteiger partial charge in [-0.15, -0.1) is 0 Å². The molecule has 3 heteroatoms. The molecule has 0 amide bonds. The van der Waals surface area contributed by atoms with E-state index in [2.05, 4.69) is 18.7 Å². The van der Waals surface area contributed by atoms with E-state index in [4.69, 9.17) is 4.74 Å². The zero-order chi connectivity index (χ0) is 8.27. The molecule has 0 aliphatic carbocycles. The van der Waals surface area contributed by atoms with E-state index in [0.717, 1.165) is 6.54 Å². The summed E-state index contributed by atoms with van der Waals surface area (Å²) in [4.78, 5) is 2.11. The lowest BCUT2D eigenvalue weighted by molar-refractivity contribution is 0.105. The molecule has 11 heavy (non-hydrogen) atoms. The summed E-state index contributed by atoms with van der Waals surface area (Å²) in [6.07, 6.45) is -0.806. The third kappa shape index (κ3) is 2.75. The zero-order valence-corrected chi connectivity index (χ0v) is 7.22. The van der Waals surface area contributed by atoms with Gasteiger partial charge in [-0.25, -0.2) is 4.39 Å². The first-order valence-electron chi connectivity index (χ1n) is 4.16. The first kappa shape index (κ1) is 8.94. The molecule has 66 valence electrons. The van der Waals surface area contributed by atoms with Crippen LogP contribution in [0.5, 0.6) is 0 Å². The number of hydrogen-bond acceptors (Lipinski definition) is 2. The van der Waals surface area contributed by atoms with Crippen molar-refractivity contribution < 1.29 is 9.13 Å². The Bertz CT molecular complexity index is 119. The quantitative estimate of drug-likeness (QED) is 0.570. The van der Waals surface area contributed by atoms with Crippen molar-refractivity contribution in [2.24, 2.45) is 0 Å². The molecule has 0 aromatic rings. The first-order valence-corrected chi connectivity index (χ1v) is 4.16. The third-order valence-corrected chi connectivity index (χ3v) is 1.98. The van der Waals surface area contributed by atoms with Crippen LogP contribution in [0.3, 0.4) is 0 Å². The van der Waals surface area contributed by atoms with Crippen molar-refractivity contribution in [1.82, 2.24) is 4.90 Å². The fourth-order valence-electron chi connectivity index (χ4n) is 1.26. The van der Waals surface area contributed by atoms with E-state index in [9.17, 15) is 4.39 Å². The number of rotatable bonds is 1. The van der Waals surface area contributed by atoms with Gasteiger partial charge >= 0.3 is 0 Å². The lowest BCUT2D eigenvalue weighted by atomic mass is 10.3. The van der Waals surface area contributed by atoms with Gasteiger partial charge in [-0.3, -0.25) is 4.90 Å². The van der Waals surface area contributed by atoms with Crippen LogP contribution in [0.4, 0.5) is 4.39 Å². The Morgan fingerprint density at radius 3 is 2.91 bits per heavy atom. The molecule has 0 saturated carbocycles. The minimum Gasteiger partial charge on any atom is -0.377 e. The number of halogens is 1. The van der Waals surface area contributed by atoms with E-state index in [1.54, 1.807) is 0 Å². The highest BCUT2D eigenvalue weighted by Crippen LogP contribution is 2.06. The van der Waals surface area contributed by atoms with Crippen LogP contribution >= 0.6 is 0 Å². The molecule has 1 rings (SSSR count). The van der Waals surface area contributed by atoms with Gasteiger partial charge in [0.05, 0.1) is 13.2 Å². The van der Waals surface area contributed by atoms with Crippen LogP contribution in [-0.4, -0.2) is 43.4 Å². The fourth-order valence-corrected chi connectivity index (χ4v) is 1.26. The standard InChI is InChI=1S/C8H16FNO/c1-7(2)10-3-4-11-6-8(9)5-10/h7-8H,3-6H2,1-2H3/t8-/m0/s1. The molecule has 0 N–H and O–H groups in total. The summed E-state index contributed by atoms with van der Waals surface area (Å²) in [6, 6.07) is 0.426. The topological polar surface area (TPSA) is 12.5 Å². The van der Waals surface area contributed by atoms with Gasteiger partial charge in [-0.1, -0.05) is 0 Å². The summed E-state index contributed by atoms with van der Waals surface area (Å²) in [7, 11) is 0. The number of nitrogens with zero attached hydrogens (tertiary/aromatic N) is 1. The molecular formula is C8H16FNO. The maximum atomic E-state index is 12.9. The molecule has 0 radical (unpaired) electrons. The van der Waals surface area contributed by atoms with Crippen molar-refractivity contribution in [1.29, 1.82) is 0 Å². The van der Waals surface area contributed by atoms with Crippen LogP contribution < -0.4 is 0 Å². The van der Waals surface area contributed by atoms with Gasteiger partial charge in [0.1, 0.15) is 6.17 Å². The molecule has 1 saturated heterocycles. The normalized spacial score (nSPS) is 28.9. The molecule has 1 atom stereocenters. The van der Waals surface area contributed by atoms with Crippen LogP contribution in [-0.2, 0) is 4.74 Å². The predicted molar refractivity (Wildman–Crippen MR) is 42.4 cm³/mol. The van der Waals surface area contributed by atoms with Crippen molar-refractivity contribution in [3.63, 3.8) is 0 Å². The lowest BCUT2D eigenvalue weighted by Crippen LogP contribution is -2.36. The summed E-state index contributed by atoms with van der Waals surface area (Å²) in [5.41, 5.74) is 0. The second kappa shape index (κ2) is 4.02. The van der Waals surface area contributed by atoms with Gasteiger partial charge in [0.2, 0.25) is 0 Å². The second-order valence-corrected chi connectivity index (χ2v) is 3.26. The van der Waals surface area contributed by atoms with Gasteiger partial charge in [-0.05, 0) is 13.8 Å². The SMILES string of the molecule is CC(C)N1CCOC[C@@H](F)C1. The van der Waals surface area contributed by atoms with Gasteiger partial charge in [0, 0.05) is 19.1 Å². The Kier molecular flexibility index (Phi) is 3.27. The average molecular weight is 161 g/mol. The first-order chi connectivity index (χ1) is 5.20. The Morgan fingerprint density at radius 2 is 2.27 bits per heavy atom. The fraction of sp³-hybridized carbons (Fsp3) is 1.00. The summed E-state index contributed by atoms with van der Waals surface area (Å²) in [5, 5.41) is 0. The van der Waals surface area contributed by atoms with Gasteiger partial charge in [0.15, 0.2) is 0 Å². The number of ether oxygens (including phenoxy) is 1. The molecule has 1 heterocycles. The van der Waals surface area contributed by atoms with Crippen molar-refractivity contribution in [2.45, 2.75) is 26.1 Å². The molecule has 0 aromatic carbocycles. The minimum atomic E-state index is -0.806. The van der Waals surface area contributed by atoms with Gasteiger partial charge in [-0.2, -0.15) is 0 Å². The highest BCUT2D eigenvalue weighted by molar-refractivity contribution is 4.70. The summed E-state index contributed by atoms with van der Waals surface area (Å²) in [5.74, 6) is 0. The Morgan fingerprint density at radius 1 is 1.55 bits per heavy atom. The summed E-state index contributed by atoms with van der Waals surface area (Å²) < 4.78 is 18.0. The van der Waals surface area contributed by atoms with E-state index in [0.29, 0.717) is 19.2 Å². The summed E-state index contributed by atoms with van der Waals surface area (Å²) in [6.45, 7) is 6.48. The Balaban J connectivity index is 2.39. The largest absolute Gasteiger partial charge is 0.377 e. The van der Waals surface area contributed by atoms with Crippen molar-refractivity contribution in [3.05, 3.63) is 0 Å². The maximum absolute atomic E-state index is 12.9. The predicted octanol–water partition coefficient (Wildman–Crippen LogP) is 1.07. The molecule has 1 fully saturated rings. The van der Waals surface area contributed by atoms with Crippen molar-refractivity contribution >= 4 is 0 Å². The monoisotopic (exact) mass is 161 g/mol. The van der Waals surface area contributed by atoms with Gasteiger partial charge in [0.25, 0.3) is 0 Å². The highest BCUT2D eigenvalue weighted by Gasteiger charge is 2.19. The molecule has 0 aromatic heterocycles. The Labute approximate surface area is 67.3 Å². The summed E-state index contributed by atoms with van der Waals surface area (Å²) >= 11 is 0. The van der Waals surface area contributed by atoms with Crippen molar-refractivity contribution in [2.75, 3.05) is 26.3 Å². The van der Waals surface area contributed by atoms with E-state index >= 15 is 0 Å². The molecule has 1 aliphatic rings. The minimum absolute atomic E-state index is 0.267. The van der Waals surface area contributed by atoms with E-state index in [1.165, 1.54) is 0 Å². The molecule has 2 nitrogen and oxygen atoms in total. The molecule has 1 aliphatic heterocycles. The molecule has 0 spiro atoms. The van der Waals surface area contributed by atoms with Crippen LogP contribution in [0.15, 0.2) is 0 Å². The smallest absolute Gasteiger partial charge is 0.136 e. The highest BCUT2D eigenvalue weighted by atomic mass is 19.1. The van der Waals surface area contributed by atoms with Crippen molar-refractivity contribution in [3.8, 4) is 0 Å². The van der Waals surface area contributed by atoms with Gasteiger partial charge < -0.3 is 4.74 Å². The maximum Gasteiger partial charge on any atom is 0.136 e. The molecule has 0 unspecified atom stereocenters. The average Bonchev–Trinajstić information content (AvgIpc) is 2.13. The van der Waals surface area contributed by atoms with Crippen LogP contribution in [0.25, 0.3) is 0 Å².